The number of urea groups is 1. The monoisotopic (exact) mass is 492 g/mol. The van der Waals surface area contributed by atoms with E-state index in [0.29, 0.717) is 18.5 Å². The molecule has 3 amide bonds. The molecule has 0 radical (unpaired) electrons. The van der Waals surface area contributed by atoms with Gasteiger partial charge in [-0.25, -0.2) is 9.18 Å². The number of fused-ring (bicyclic) bond motifs is 1. The molecular formula is C25H28F4N4O2. The van der Waals surface area contributed by atoms with Crippen molar-refractivity contribution in [3.63, 3.8) is 0 Å². The molecule has 2 aliphatic rings. The van der Waals surface area contributed by atoms with Crippen molar-refractivity contribution in [2.75, 3.05) is 16.8 Å². The highest BCUT2D eigenvalue weighted by atomic mass is 19.4. The second-order valence-electron chi connectivity index (χ2n) is 8.97. The van der Waals surface area contributed by atoms with Gasteiger partial charge in [0.25, 0.3) is 0 Å². The average molecular weight is 493 g/mol. The predicted molar refractivity (Wildman–Crippen MR) is 124 cm³/mol. The fourth-order valence-electron chi connectivity index (χ4n) is 4.85. The predicted octanol–water partition coefficient (Wildman–Crippen LogP) is 5.27. The average Bonchev–Trinajstić information content (AvgIpc) is 2.82. The van der Waals surface area contributed by atoms with Gasteiger partial charge in [0, 0.05) is 24.0 Å². The molecule has 1 aliphatic heterocycles. The van der Waals surface area contributed by atoms with E-state index in [1.807, 2.05) is 0 Å². The van der Waals surface area contributed by atoms with Crippen LogP contribution in [0.4, 0.5) is 33.7 Å². The fourth-order valence-corrected chi connectivity index (χ4v) is 4.85. The van der Waals surface area contributed by atoms with Gasteiger partial charge in [-0.15, -0.1) is 0 Å². The third-order valence-electron chi connectivity index (χ3n) is 6.53. The van der Waals surface area contributed by atoms with E-state index in [1.165, 1.54) is 24.3 Å². The topological polar surface area (TPSA) is 73.5 Å². The van der Waals surface area contributed by atoms with Gasteiger partial charge < -0.3 is 10.6 Å². The summed E-state index contributed by atoms with van der Waals surface area (Å²) >= 11 is 0. The molecule has 1 saturated heterocycles. The number of carbonyl (C=O) groups is 2. The molecule has 1 saturated carbocycles. The Kier molecular flexibility index (Phi) is 7.59. The highest BCUT2D eigenvalue weighted by molar-refractivity contribution is 5.97. The lowest BCUT2D eigenvalue weighted by atomic mass is 9.81. The zero-order valence-electron chi connectivity index (χ0n) is 19.1. The lowest BCUT2D eigenvalue weighted by Gasteiger charge is -2.46. The number of benzene rings is 2. The summed E-state index contributed by atoms with van der Waals surface area (Å²) in [6.45, 7) is 0.266. The van der Waals surface area contributed by atoms with Gasteiger partial charge in [0.1, 0.15) is 5.82 Å². The minimum absolute atomic E-state index is 0.0281. The van der Waals surface area contributed by atoms with Gasteiger partial charge in [-0.3, -0.25) is 15.0 Å². The van der Waals surface area contributed by atoms with Gasteiger partial charge in [0.05, 0.1) is 17.6 Å². The van der Waals surface area contributed by atoms with Crippen molar-refractivity contribution in [1.29, 1.82) is 0 Å². The first-order chi connectivity index (χ1) is 16.7. The number of nitrogens with zero attached hydrogens (tertiary/aromatic N) is 1. The van der Waals surface area contributed by atoms with Crippen molar-refractivity contribution in [3.05, 3.63) is 59.9 Å². The van der Waals surface area contributed by atoms with Crippen LogP contribution >= 0.6 is 0 Å². The van der Waals surface area contributed by atoms with Gasteiger partial charge in [-0.05, 0) is 68.1 Å². The normalized spacial score (nSPS) is 22.5. The third-order valence-corrected chi connectivity index (χ3v) is 6.53. The highest BCUT2D eigenvalue weighted by Crippen LogP contribution is 2.34. The van der Waals surface area contributed by atoms with Crippen molar-refractivity contribution < 1.29 is 27.2 Å². The summed E-state index contributed by atoms with van der Waals surface area (Å²) in [5, 5.41) is 8.63. The molecule has 0 aromatic heterocycles. The summed E-state index contributed by atoms with van der Waals surface area (Å²) in [4.78, 5) is 27.2. The number of hydrogen-bond acceptors (Lipinski definition) is 3. The largest absolute Gasteiger partial charge is 0.416 e. The molecule has 188 valence electrons. The van der Waals surface area contributed by atoms with Crippen molar-refractivity contribution in [1.82, 2.24) is 10.6 Å². The molecule has 35 heavy (non-hydrogen) atoms. The molecule has 0 bridgehead atoms. The van der Waals surface area contributed by atoms with Gasteiger partial charge in [0.15, 0.2) is 0 Å². The summed E-state index contributed by atoms with van der Waals surface area (Å²) in [6, 6.07) is 9.73. The smallest absolute Gasteiger partial charge is 0.338 e. The van der Waals surface area contributed by atoms with E-state index in [9.17, 15) is 27.2 Å². The second-order valence-corrected chi connectivity index (χ2v) is 8.97. The SMILES string of the molecule is O=C(NCCCC1NC2CCCCC2C(=O)N1c1ccc(F)cc1)Nc1cccc(C(F)(F)F)c1. The Morgan fingerprint density at radius 2 is 1.83 bits per heavy atom. The summed E-state index contributed by atoms with van der Waals surface area (Å²) in [6.07, 6.45) is 0.0581. The van der Waals surface area contributed by atoms with Gasteiger partial charge >= 0.3 is 12.2 Å². The maximum atomic E-state index is 13.5. The molecular weight excluding hydrogens is 464 g/mol. The van der Waals surface area contributed by atoms with Crippen molar-refractivity contribution >= 4 is 23.3 Å². The third kappa shape index (κ3) is 6.11. The fraction of sp³-hybridized carbons (Fsp3) is 0.440. The van der Waals surface area contributed by atoms with Crippen LogP contribution in [-0.4, -0.2) is 30.7 Å². The van der Waals surface area contributed by atoms with Crippen LogP contribution in [0, 0.1) is 11.7 Å². The van der Waals surface area contributed by atoms with Crippen LogP contribution in [0.2, 0.25) is 0 Å². The minimum Gasteiger partial charge on any atom is -0.338 e. The van der Waals surface area contributed by atoms with Crippen LogP contribution in [0.5, 0.6) is 0 Å². The molecule has 3 N–H and O–H groups in total. The Bertz CT molecular complexity index is 1040. The first-order valence-electron chi connectivity index (χ1n) is 11.8. The number of alkyl halides is 3. The van der Waals surface area contributed by atoms with Gasteiger partial charge in [-0.2, -0.15) is 13.2 Å². The van der Waals surface area contributed by atoms with Crippen LogP contribution in [-0.2, 0) is 11.0 Å². The lowest BCUT2D eigenvalue weighted by molar-refractivity contribution is -0.137. The second kappa shape index (κ2) is 10.6. The molecule has 2 fully saturated rings. The van der Waals surface area contributed by atoms with Crippen molar-refractivity contribution in [3.8, 4) is 0 Å². The number of hydrogen-bond donors (Lipinski definition) is 3. The van der Waals surface area contributed by atoms with Crippen LogP contribution in [0.1, 0.15) is 44.1 Å². The van der Waals surface area contributed by atoms with Crippen LogP contribution in [0.25, 0.3) is 0 Å². The van der Waals surface area contributed by atoms with E-state index in [-0.39, 0.29) is 42.1 Å². The first-order valence-corrected chi connectivity index (χ1v) is 11.8. The maximum Gasteiger partial charge on any atom is 0.416 e. The molecule has 2 aromatic rings. The van der Waals surface area contributed by atoms with Crippen LogP contribution in [0.3, 0.4) is 0 Å². The van der Waals surface area contributed by atoms with Crippen LogP contribution < -0.4 is 20.9 Å². The highest BCUT2D eigenvalue weighted by Gasteiger charge is 2.42. The summed E-state index contributed by atoms with van der Waals surface area (Å²) < 4.78 is 52.0. The number of halogens is 4. The maximum absolute atomic E-state index is 13.5. The van der Waals surface area contributed by atoms with E-state index >= 15 is 0 Å². The number of nitrogens with one attached hydrogen (secondary N) is 3. The van der Waals surface area contributed by atoms with Gasteiger partial charge in [-0.1, -0.05) is 18.9 Å². The van der Waals surface area contributed by atoms with Crippen LogP contribution in [0.15, 0.2) is 48.5 Å². The Morgan fingerprint density at radius 3 is 2.57 bits per heavy atom. The quantitative estimate of drug-likeness (QED) is 0.380. The van der Waals surface area contributed by atoms with E-state index in [0.717, 1.165) is 37.8 Å². The molecule has 1 heterocycles. The summed E-state index contributed by atoms with van der Waals surface area (Å²) in [5.74, 6) is -0.462. The molecule has 6 nitrogen and oxygen atoms in total. The molecule has 10 heteroatoms. The number of carbonyl (C=O) groups excluding carboxylic acids is 2. The van der Waals surface area contributed by atoms with Crippen molar-refractivity contribution in [2.45, 2.75) is 56.9 Å². The lowest BCUT2D eigenvalue weighted by Crippen LogP contribution is -2.64. The first kappa shape index (κ1) is 25.0. The minimum atomic E-state index is -4.49. The summed E-state index contributed by atoms with van der Waals surface area (Å²) in [5.41, 5.74) is -0.180. The molecule has 3 unspecified atom stereocenters. The number of amides is 3. The number of rotatable bonds is 6. The van der Waals surface area contributed by atoms with E-state index < -0.39 is 17.8 Å². The molecule has 3 atom stereocenters. The zero-order chi connectivity index (χ0) is 25.0. The number of anilines is 2. The molecule has 2 aromatic carbocycles. The molecule has 0 spiro atoms. The van der Waals surface area contributed by atoms with Crippen molar-refractivity contribution in [2.24, 2.45) is 5.92 Å². The molecule has 4 rings (SSSR count). The standard InChI is InChI=1S/C25H28F4N4O2/c26-17-10-12-19(13-11-17)33-22(32-21-8-2-1-7-20(21)23(33)34)9-4-14-30-24(35)31-18-6-3-5-16(15-18)25(27,28)29/h3,5-6,10-13,15,20-22,32H,1-2,4,7-9,14H2,(H2,30,31,35). The van der Waals surface area contributed by atoms with Gasteiger partial charge in [0.2, 0.25) is 5.91 Å². The Labute approximate surface area is 201 Å². The molecule has 1 aliphatic carbocycles. The Hall–Kier alpha value is -3.14. The zero-order valence-corrected chi connectivity index (χ0v) is 19.1. The Balaban J connectivity index is 1.34. The summed E-state index contributed by atoms with van der Waals surface area (Å²) in [7, 11) is 0. The Morgan fingerprint density at radius 1 is 1.09 bits per heavy atom. The van der Waals surface area contributed by atoms with E-state index in [2.05, 4.69) is 16.0 Å². The van der Waals surface area contributed by atoms with E-state index in [4.69, 9.17) is 0 Å². The van der Waals surface area contributed by atoms with E-state index in [1.54, 1.807) is 17.0 Å².